The first-order valence-electron chi connectivity index (χ1n) is 20.1. The largest absolute Gasteiger partial charge is 0.310 e. The van der Waals surface area contributed by atoms with Crippen LogP contribution in [0.1, 0.15) is 50.6 Å². The predicted octanol–water partition coefficient (Wildman–Crippen LogP) is 14.4. The second kappa shape index (κ2) is 13.9. The molecule has 0 saturated heterocycles. The van der Waals surface area contributed by atoms with Crippen LogP contribution in [0.15, 0.2) is 212 Å². The third-order valence-corrected chi connectivity index (χ3v) is 13.7. The Morgan fingerprint density at radius 2 is 1.25 bits per heavy atom. The van der Waals surface area contributed by atoms with E-state index in [1.165, 1.54) is 82.1 Å². The van der Waals surface area contributed by atoms with Crippen LogP contribution in [0, 0.1) is 5.92 Å². The zero-order chi connectivity index (χ0) is 37.8. The maximum absolute atomic E-state index is 2.61. The number of anilines is 2. The first-order chi connectivity index (χ1) is 28.3. The molecule has 0 radical (unpaired) electrons. The van der Waals surface area contributed by atoms with Crippen molar-refractivity contribution in [1.29, 1.82) is 0 Å². The minimum atomic E-state index is -0.422. The van der Waals surface area contributed by atoms with E-state index in [2.05, 4.69) is 217 Å². The van der Waals surface area contributed by atoms with E-state index in [4.69, 9.17) is 0 Å². The lowest BCUT2D eigenvalue weighted by molar-refractivity contribution is 0.458. The molecule has 0 aliphatic heterocycles. The fourth-order valence-electron chi connectivity index (χ4n) is 9.96. The minimum absolute atomic E-state index is 0.165. The summed E-state index contributed by atoms with van der Waals surface area (Å²) in [7, 11) is 0. The third kappa shape index (κ3) is 5.58. The fourth-order valence-corrected chi connectivity index (χ4v) is 11.0. The van der Waals surface area contributed by atoms with Gasteiger partial charge in [0.1, 0.15) is 0 Å². The molecule has 11 rings (SSSR count). The molecule has 1 aromatic heterocycles. The molecular formula is C55H41NS. The van der Waals surface area contributed by atoms with Crippen LogP contribution in [0.3, 0.4) is 0 Å². The summed E-state index contributed by atoms with van der Waals surface area (Å²) in [6, 6.07) is 69.9. The molecule has 2 unspecified atom stereocenters. The zero-order valence-electron chi connectivity index (χ0n) is 31.6. The highest BCUT2D eigenvalue weighted by Crippen LogP contribution is 2.61. The lowest BCUT2D eigenvalue weighted by Crippen LogP contribution is -2.35. The molecule has 0 fully saturated rings. The van der Waals surface area contributed by atoms with Crippen LogP contribution >= 0.6 is 11.3 Å². The van der Waals surface area contributed by atoms with Gasteiger partial charge in [-0.15, -0.1) is 11.3 Å². The average Bonchev–Trinajstić information content (AvgIpc) is 3.89. The van der Waals surface area contributed by atoms with Crippen molar-refractivity contribution in [3.05, 3.63) is 251 Å². The molecule has 1 nitrogen and oxygen atoms in total. The molecule has 2 atom stereocenters. The van der Waals surface area contributed by atoms with Gasteiger partial charge in [-0.05, 0) is 105 Å². The number of hydrogen-bond acceptors (Lipinski definition) is 2. The summed E-state index contributed by atoms with van der Waals surface area (Å²) < 4.78 is 0. The van der Waals surface area contributed by atoms with Crippen molar-refractivity contribution in [2.75, 3.05) is 4.90 Å². The van der Waals surface area contributed by atoms with Gasteiger partial charge in [0.25, 0.3) is 0 Å². The van der Waals surface area contributed by atoms with Crippen LogP contribution in [0.2, 0.25) is 0 Å². The first kappa shape index (κ1) is 33.8. The van der Waals surface area contributed by atoms with E-state index in [1.807, 2.05) is 11.3 Å². The van der Waals surface area contributed by atoms with Gasteiger partial charge in [0, 0.05) is 44.2 Å². The number of fused-ring (bicyclic) bond motifs is 5. The summed E-state index contributed by atoms with van der Waals surface area (Å²) in [5, 5.41) is 2.55. The molecule has 1 heterocycles. The molecule has 0 spiro atoms. The van der Waals surface area contributed by atoms with Gasteiger partial charge in [0.05, 0.1) is 5.41 Å². The Labute approximate surface area is 339 Å². The van der Waals surface area contributed by atoms with Crippen molar-refractivity contribution in [1.82, 2.24) is 0 Å². The highest BCUT2D eigenvalue weighted by Gasteiger charge is 2.53. The van der Waals surface area contributed by atoms with E-state index >= 15 is 0 Å². The molecule has 0 N–H and O–H groups in total. The van der Waals surface area contributed by atoms with Gasteiger partial charge in [-0.1, -0.05) is 170 Å². The van der Waals surface area contributed by atoms with Crippen molar-refractivity contribution in [3.63, 3.8) is 0 Å². The molecule has 57 heavy (non-hydrogen) atoms. The molecule has 0 saturated carbocycles. The number of aryl methyl sites for hydroxylation is 1. The molecular weight excluding hydrogens is 707 g/mol. The Hall–Kier alpha value is -6.48. The summed E-state index contributed by atoms with van der Waals surface area (Å²) in [5.74, 6) is 0.386. The summed E-state index contributed by atoms with van der Waals surface area (Å²) in [5.41, 5.74) is 13.9. The number of para-hydroxylation sites is 1. The topological polar surface area (TPSA) is 3.24 Å². The van der Waals surface area contributed by atoms with Crippen molar-refractivity contribution >= 4 is 44.8 Å². The van der Waals surface area contributed by atoms with Crippen LogP contribution in [0.4, 0.5) is 11.4 Å². The summed E-state index contributed by atoms with van der Waals surface area (Å²) in [6.45, 7) is 0. The molecule has 7 aromatic carbocycles. The van der Waals surface area contributed by atoms with Crippen molar-refractivity contribution in [2.45, 2.75) is 24.2 Å². The SMILES string of the molecule is C1=CC2c3ccc(N(C4=CCCc5ccccc54)c4ccccc4)cc3C(c3ccccc3)(c3ccccc3)C2C=C1c1ccc(-c2ccc3ccccc3c2)s1. The quantitative estimate of drug-likeness (QED) is 0.157. The Morgan fingerprint density at radius 1 is 0.561 bits per heavy atom. The summed E-state index contributed by atoms with van der Waals surface area (Å²) in [4.78, 5) is 5.10. The Bertz CT molecular complexity index is 2820. The Morgan fingerprint density at radius 3 is 2.04 bits per heavy atom. The second-order valence-corrected chi connectivity index (χ2v) is 16.6. The minimum Gasteiger partial charge on any atom is -0.310 e. The Balaban J connectivity index is 1.10. The van der Waals surface area contributed by atoms with Crippen molar-refractivity contribution in [3.8, 4) is 10.4 Å². The van der Waals surface area contributed by atoms with Gasteiger partial charge >= 0.3 is 0 Å². The number of thiophene rings is 1. The fraction of sp³-hybridized carbons (Fsp3) is 0.0909. The number of hydrogen-bond donors (Lipinski definition) is 0. The van der Waals surface area contributed by atoms with Crippen molar-refractivity contribution in [2.24, 2.45) is 5.92 Å². The van der Waals surface area contributed by atoms with E-state index < -0.39 is 5.41 Å². The smallest absolute Gasteiger partial charge is 0.0526 e. The number of benzene rings is 7. The monoisotopic (exact) mass is 747 g/mol. The molecule has 0 amide bonds. The lowest BCUT2D eigenvalue weighted by Gasteiger charge is -2.40. The highest BCUT2D eigenvalue weighted by atomic mass is 32.1. The normalized spacial score (nSPS) is 17.6. The average molecular weight is 748 g/mol. The molecule has 2 heteroatoms. The van der Waals surface area contributed by atoms with Gasteiger partial charge in [-0.2, -0.15) is 0 Å². The summed E-state index contributed by atoms with van der Waals surface area (Å²) in [6.07, 6.45) is 12.0. The van der Waals surface area contributed by atoms with Gasteiger partial charge in [-0.3, -0.25) is 0 Å². The first-order valence-corrected chi connectivity index (χ1v) is 21.0. The van der Waals surface area contributed by atoms with E-state index in [9.17, 15) is 0 Å². The molecule has 0 bridgehead atoms. The van der Waals surface area contributed by atoms with E-state index in [0.29, 0.717) is 0 Å². The van der Waals surface area contributed by atoms with Crippen LogP contribution in [0.5, 0.6) is 0 Å². The number of nitrogens with zero attached hydrogens (tertiary/aromatic N) is 1. The lowest BCUT2D eigenvalue weighted by atomic mass is 9.62. The van der Waals surface area contributed by atoms with Crippen LogP contribution < -0.4 is 4.90 Å². The summed E-state index contributed by atoms with van der Waals surface area (Å²) >= 11 is 1.89. The highest BCUT2D eigenvalue weighted by molar-refractivity contribution is 7.16. The third-order valence-electron chi connectivity index (χ3n) is 12.5. The maximum atomic E-state index is 2.61. The Kier molecular flexibility index (Phi) is 8.26. The van der Waals surface area contributed by atoms with Gasteiger partial charge in [-0.25, -0.2) is 0 Å². The van der Waals surface area contributed by atoms with Gasteiger partial charge in [0.15, 0.2) is 0 Å². The van der Waals surface area contributed by atoms with Crippen LogP contribution in [-0.4, -0.2) is 0 Å². The molecule has 8 aromatic rings. The van der Waals surface area contributed by atoms with Crippen LogP contribution in [-0.2, 0) is 11.8 Å². The van der Waals surface area contributed by atoms with Crippen molar-refractivity contribution < 1.29 is 0 Å². The van der Waals surface area contributed by atoms with E-state index in [0.717, 1.165) is 12.8 Å². The van der Waals surface area contributed by atoms with E-state index in [1.54, 1.807) is 0 Å². The van der Waals surface area contributed by atoms with Gasteiger partial charge < -0.3 is 4.90 Å². The number of rotatable bonds is 7. The predicted molar refractivity (Wildman–Crippen MR) is 241 cm³/mol. The molecule has 3 aliphatic carbocycles. The second-order valence-electron chi connectivity index (χ2n) is 15.5. The van der Waals surface area contributed by atoms with Gasteiger partial charge in [0.2, 0.25) is 0 Å². The maximum Gasteiger partial charge on any atom is 0.0526 e. The number of allylic oxidation sites excluding steroid dienone is 5. The zero-order valence-corrected chi connectivity index (χ0v) is 32.4. The molecule has 272 valence electrons. The van der Waals surface area contributed by atoms with E-state index in [-0.39, 0.29) is 11.8 Å². The van der Waals surface area contributed by atoms with Crippen LogP contribution in [0.25, 0.3) is 32.5 Å². The molecule has 3 aliphatic rings. The standard InChI is InChI=1S/C55H41NS/c1-4-19-43(20-5-1)55(44-21-6-2-7-22-44)50-36-42(54-34-33-53(57-54)41-28-27-38-15-10-11-17-40(38)35-41)29-31-48(50)49-32-30-46(37-51(49)55)56(45-23-8-3-9-24-45)52-26-14-18-39-16-12-13-25-47(39)52/h1-13,15-17,19-37,48,50H,14,18H2.